The zero-order chi connectivity index (χ0) is 12.9. The largest absolute Gasteiger partial charge is 0.493 e. The molecule has 0 spiro atoms. The number of ether oxygens (including phenoxy) is 1. The molecule has 0 atom stereocenters. The van der Waals surface area contributed by atoms with Gasteiger partial charge in [-0.2, -0.15) is 13.2 Å². The Balaban J connectivity index is 2.57. The highest BCUT2D eigenvalue weighted by atomic mass is 19.4. The van der Waals surface area contributed by atoms with E-state index in [4.69, 9.17) is 14.9 Å². The maximum absolute atomic E-state index is 12.2. The van der Waals surface area contributed by atoms with Gasteiger partial charge >= 0.3 is 6.18 Å². The molecule has 0 aliphatic rings. The number of benzene rings is 1. The first kappa shape index (κ1) is 13.8. The van der Waals surface area contributed by atoms with Gasteiger partial charge in [-0.25, -0.2) is 0 Å². The van der Waals surface area contributed by atoms with Crippen molar-refractivity contribution in [2.45, 2.75) is 6.18 Å². The van der Waals surface area contributed by atoms with Crippen LogP contribution in [0.1, 0.15) is 5.56 Å². The van der Waals surface area contributed by atoms with Crippen LogP contribution in [0.4, 0.5) is 13.2 Å². The smallest absolute Gasteiger partial charge is 0.416 e. The average molecular weight is 250 g/mol. The quantitative estimate of drug-likeness (QED) is 0.836. The van der Waals surface area contributed by atoms with Gasteiger partial charge in [-0.3, -0.25) is 0 Å². The molecule has 0 aromatic heterocycles. The van der Waals surface area contributed by atoms with Crippen LogP contribution in [0.25, 0.3) is 0 Å². The fourth-order valence-corrected chi connectivity index (χ4v) is 1.12. The predicted octanol–water partition coefficient (Wildman–Crippen LogP) is 1.68. The second-order valence-electron chi connectivity index (χ2n) is 3.56. The number of rotatable bonds is 5. The van der Waals surface area contributed by atoms with Crippen LogP contribution in [-0.4, -0.2) is 30.0 Å². The van der Waals surface area contributed by atoms with E-state index >= 15 is 0 Å². The first-order chi connectivity index (χ1) is 7.97. The zero-order valence-corrected chi connectivity index (χ0v) is 8.94. The van der Waals surface area contributed by atoms with Gasteiger partial charge < -0.3 is 14.9 Å². The second-order valence-corrected chi connectivity index (χ2v) is 3.56. The summed E-state index contributed by atoms with van der Waals surface area (Å²) in [5, 5.41) is 17.5. The van der Waals surface area contributed by atoms with Crippen molar-refractivity contribution >= 4 is 0 Å². The highest BCUT2D eigenvalue weighted by molar-refractivity contribution is 5.28. The molecule has 1 rings (SSSR count). The molecule has 96 valence electrons. The Morgan fingerprint density at radius 2 is 1.59 bits per heavy atom. The van der Waals surface area contributed by atoms with Crippen molar-refractivity contribution in [3.63, 3.8) is 0 Å². The van der Waals surface area contributed by atoms with Crippen LogP contribution in [-0.2, 0) is 6.18 Å². The van der Waals surface area contributed by atoms with Crippen molar-refractivity contribution < 1.29 is 28.1 Å². The standard InChI is InChI=1S/C11H13F3O3/c12-11(13,14)9-1-3-10(4-2-9)17-7-8(5-15)6-16/h1-4,8,15-16H,5-7H2. The van der Waals surface area contributed by atoms with E-state index in [1.807, 2.05) is 0 Å². The van der Waals surface area contributed by atoms with Gasteiger partial charge in [-0.15, -0.1) is 0 Å². The third kappa shape index (κ3) is 4.24. The highest BCUT2D eigenvalue weighted by Gasteiger charge is 2.30. The number of aliphatic hydroxyl groups excluding tert-OH is 2. The molecule has 0 saturated heterocycles. The number of halogens is 3. The molecule has 0 aliphatic carbocycles. The van der Waals surface area contributed by atoms with Crippen LogP contribution in [0.2, 0.25) is 0 Å². The fourth-order valence-electron chi connectivity index (χ4n) is 1.12. The molecular formula is C11H13F3O3. The Kier molecular flexibility index (Phi) is 4.77. The average Bonchev–Trinajstić information content (AvgIpc) is 2.30. The number of hydrogen-bond donors (Lipinski definition) is 2. The summed E-state index contributed by atoms with van der Waals surface area (Å²) in [7, 11) is 0. The molecule has 0 unspecified atom stereocenters. The fraction of sp³-hybridized carbons (Fsp3) is 0.455. The number of hydrogen-bond acceptors (Lipinski definition) is 3. The predicted molar refractivity (Wildman–Crippen MR) is 54.6 cm³/mol. The first-order valence-electron chi connectivity index (χ1n) is 4.99. The molecule has 17 heavy (non-hydrogen) atoms. The minimum atomic E-state index is -4.36. The van der Waals surface area contributed by atoms with E-state index < -0.39 is 17.7 Å². The zero-order valence-electron chi connectivity index (χ0n) is 8.94. The van der Waals surface area contributed by atoms with Gasteiger partial charge in [0.1, 0.15) is 5.75 Å². The Bertz CT molecular complexity index is 331. The molecule has 0 heterocycles. The van der Waals surface area contributed by atoms with E-state index in [-0.39, 0.29) is 25.6 Å². The SMILES string of the molecule is OCC(CO)COc1ccc(C(F)(F)F)cc1. The third-order valence-corrected chi connectivity index (χ3v) is 2.18. The maximum Gasteiger partial charge on any atom is 0.416 e. The van der Waals surface area contributed by atoms with Crippen molar-refractivity contribution in [1.29, 1.82) is 0 Å². The van der Waals surface area contributed by atoms with Crippen molar-refractivity contribution in [3.05, 3.63) is 29.8 Å². The molecule has 0 bridgehead atoms. The van der Waals surface area contributed by atoms with Crippen LogP contribution in [0.15, 0.2) is 24.3 Å². The van der Waals surface area contributed by atoms with Gasteiger partial charge in [-0.1, -0.05) is 0 Å². The molecule has 0 saturated carbocycles. The highest BCUT2D eigenvalue weighted by Crippen LogP contribution is 2.30. The van der Waals surface area contributed by atoms with Crippen LogP contribution >= 0.6 is 0 Å². The lowest BCUT2D eigenvalue weighted by Crippen LogP contribution is -2.19. The van der Waals surface area contributed by atoms with Gasteiger partial charge in [0.2, 0.25) is 0 Å². The number of aliphatic hydroxyl groups is 2. The summed E-state index contributed by atoms with van der Waals surface area (Å²) >= 11 is 0. The van der Waals surface area contributed by atoms with E-state index in [0.29, 0.717) is 0 Å². The summed E-state index contributed by atoms with van der Waals surface area (Å²) in [6.07, 6.45) is -4.36. The van der Waals surface area contributed by atoms with Gasteiger partial charge in [0.05, 0.1) is 25.4 Å². The van der Waals surface area contributed by atoms with E-state index in [2.05, 4.69) is 0 Å². The summed E-state index contributed by atoms with van der Waals surface area (Å²) in [5.41, 5.74) is -0.745. The monoisotopic (exact) mass is 250 g/mol. The van der Waals surface area contributed by atoms with Gasteiger partial charge in [0.25, 0.3) is 0 Å². The summed E-state index contributed by atoms with van der Waals surface area (Å²) in [6, 6.07) is 4.24. The normalized spacial score (nSPS) is 11.9. The lowest BCUT2D eigenvalue weighted by Gasteiger charge is -2.13. The molecule has 0 amide bonds. The first-order valence-corrected chi connectivity index (χ1v) is 4.99. The molecule has 1 aromatic rings. The van der Waals surface area contributed by atoms with E-state index in [0.717, 1.165) is 12.1 Å². The van der Waals surface area contributed by atoms with E-state index in [9.17, 15) is 13.2 Å². The van der Waals surface area contributed by atoms with Crippen molar-refractivity contribution in [2.75, 3.05) is 19.8 Å². The molecule has 3 nitrogen and oxygen atoms in total. The maximum atomic E-state index is 12.2. The second kappa shape index (κ2) is 5.88. The lowest BCUT2D eigenvalue weighted by molar-refractivity contribution is -0.137. The Labute approximate surface area is 96.5 Å². The Hall–Kier alpha value is -1.27. The lowest BCUT2D eigenvalue weighted by atomic mass is 10.2. The number of alkyl halides is 3. The van der Waals surface area contributed by atoms with Gasteiger partial charge in [0.15, 0.2) is 0 Å². The van der Waals surface area contributed by atoms with Gasteiger partial charge in [0, 0.05) is 5.92 Å². The Morgan fingerprint density at radius 1 is 1.06 bits per heavy atom. The molecule has 0 aliphatic heterocycles. The summed E-state index contributed by atoms with van der Waals surface area (Å²) in [5.74, 6) is -0.165. The van der Waals surface area contributed by atoms with Crippen LogP contribution < -0.4 is 4.74 Å². The minimum Gasteiger partial charge on any atom is -0.493 e. The van der Waals surface area contributed by atoms with Crippen LogP contribution in [0, 0.1) is 5.92 Å². The minimum absolute atomic E-state index is 0.0539. The molecule has 6 heteroatoms. The van der Waals surface area contributed by atoms with Crippen molar-refractivity contribution in [1.82, 2.24) is 0 Å². The van der Waals surface area contributed by atoms with E-state index in [1.165, 1.54) is 12.1 Å². The van der Waals surface area contributed by atoms with Crippen molar-refractivity contribution in [2.24, 2.45) is 5.92 Å². The van der Waals surface area contributed by atoms with Gasteiger partial charge in [-0.05, 0) is 24.3 Å². The molecule has 0 fully saturated rings. The molecular weight excluding hydrogens is 237 g/mol. The topological polar surface area (TPSA) is 49.7 Å². The Morgan fingerprint density at radius 3 is 2.00 bits per heavy atom. The van der Waals surface area contributed by atoms with E-state index in [1.54, 1.807) is 0 Å². The van der Waals surface area contributed by atoms with Crippen LogP contribution in [0.5, 0.6) is 5.75 Å². The summed E-state index contributed by atoms with van der Waals surface area (Å²) < 4.78 is 41.8. The summed E-state index contributed by atoms with van der Waals surface area (Å²) in [4.78, 5) is 0. The van der Waals surface area contributed by atoms with Crippen molar-refractivity contribution in [3.8, 4) is 5.75 Å². The summed E-state index contributed by atoms with van der Waals surface area (Å²) in [6.45, 7) is -0.424. The molecule has 0 radical (unpaired) electrons. The molecule has 1 aromatic carbocycles. The molecule has 2 N–H and O–H groups in total. The van der Waals surface area contributed by atoms with Crippen LogP contribution in [0.3, 0.4) is 0 Å². The third-order valence-electron chi connectivity index (χ3n) is 2.18.